The van der Waals surface area contributed by atoms with Gasteiger partial charge in [-0.2, -0.15) is 0 Å². The third kappa shape index (κ3) is 4.67. The maximum atomic E-state index is 13.0. The standard InChI is InChI=1S/C29H23N3O5S/c1-31(29(36)37)21-13-17(12-20(14-21)27(33)34)15-32-16-24(26(38)30-28(32)35)25-22-8-4-2-6-18(22)10-11-19-7-3-5-9-23(19)25/h2-14,16,25H,15H2,1H3,(H,33,34)(H,36,37)(H,30,35,38). The van der Waals surface area contributed by atoms with Gasteiger partial charge in [-0.1, -0.05) is 72.9 Å². The van der Waals surface area contributed by atoms with E-state index >= 15 is 0 Å². The molecule has 1 aliphatic carbocycles. The van der Waals surface area contributed by atoms with Crippen molar-refractivity contribution in [2.45, 2.75) is 12.5 Å². The molecule has 0 spiro atoms. The molecular weight excluding hydrogens is 502 g/mol. The van der Waals surface area contributed by atoms with Crippen LogP contribution in [-0.2, 0) is 6.54 Å². The number of aromatic carboxylic acids is 1. The molecule has 0 unspecified atom stereocenters. The van der Waals surface area contributed by atoms with Crippen LogP contribution in [0.5, 0.6) is 0 Å². The van der Waals surface area contributed by atoms with E-state index in [4.69, 9.17) is 12.2 Å². The molecule has 1 amide bonds. The number of hydrogen-bond acceptors (Lipinski definition) is 4. The van der Waals surface area contributed by atoms with Crippen molar-refractivity contribution in [1.82, 2.24) is 9.55 Å². The number of nitrogens with one attached hydrogen (secondary N) is 1. The molecular formula is C29H23N3O5S. The van der Waals surface area contributed by atoms with Gasteiger partial charge in [-0.3, -0.25) is 14.5 Å². The summed E-state index contributed by atoms with van der Waals surface area (Å²) in [4.78, 5) is 39.9. The summed E-state index contributed by atoms with van der Waals surface area (Å²) < 4.78 is 1.74. The van der Waals surface area contributed by atoms with Crippen LogP contribution in [0.4, 0.5) is 10.5 Å². The Bertz CT molecular complexity index is 1690. The van der Waals surface area contributed by atoms with Gasteiger partial charge in [-0.25, -0.2) is 14.4 Å². The smallest absolute Gasteiger partial charge is 0.411 e. The molecule has 8 nitrogen and oxygen atoms in total. The van der Waals surface area contributed by atoms with Gasteiger partial charge in [0.15, 0.2) is 0 Å². The summed E-state index contributed by atoms with van der Waals surface area (Å²) in [6, 6.07) is 20.3. The number of fused-ring (bicyclic) bond motifs is 2. The molecule has 1 aromatic heterocycles. The second kappa shape index (κ2) is 9.95. The molecule has 0 radical (unpaired) electrons. The first kappa shape index (κ1) is 24.9. The van der Waals surface area contributed by atoms with Crippen LogP contribution >= 0.6 is 12.2 Å². The highest BCUT2D eigenvalue weighted by Gasteiger charge is 2.25. The zero-order chi connectivity index (χ0) is 27.0. The fourth-order valence-electron chi connectivity index (χ4n) is 4.77. The van der Waals surface area contributed by atoms with Gasteiger partial charge in [0.2, 0.25) is 0 Å². The first-order valence-electron chi connectivity index (χ1n) is 11.8. The zero-order valence-electron chi connectivity index (χ0n) is 20.3. The normalized spacial score (nSPS) is 12.3. The van der Waals surface area contributed by atoms with E-state index in [0.29, 0.717) is 10.2 Å². The Labute approximate surface area is 222 Å². The van der Waals surface area contributed by atoms with Crippen molar-refractivity contribution < 1.29 is 19.8 Å². The largest absolute Gasteiger partial charge is 0.478 e. The third-order valence-electron chi connectivity index (χ3n) is 6.66. The van der Waals surface area contributed by atoms with E-state index < -0.39 is 17.8 Å². The van der Waals surface area contributed by atoms with Crippen molar-refractivity contribution in [1.29, 1.82) is 0 Å². The average molecular weight is 526 g/mol. The van der Waals surface area contributed by atoms with Crippen molar-refractivity contribution in [2.24, 2.45) is 0 Å². The van der Waals surface area contributed by atoms with Crippen LogP contribution in [0.25, 0.3) is 12.2 Å². The lowest BCUT2D eigenvalue weighted by Crippen LogP contribution is -2.26. The average Bonchev–Trinajstić information content (AvgIpc) is 3.06. The second-order valence-corrected chi connectivity index (χ2v) is 9.44. The van der Waals surface area contributed by atoms with Crippen LogP contribution in [0.2, 0.25) is 0 Å². The van der Waals surface area contributed by atoms with E-state index in [2.05, 4.69) is 17.1 Å². The lowest BCUT2D eigenvalue weighted by atomic mass is 9.83. The molecule has 3 aromatic carbocycles. The number of rotatable bonds is 5. The van der Waals surface area contributed by atoms with Gasteiger partial charge in [0, 0.05) is 30.4 Å². The summed E-state index contributed by atoms with van der Waals surface area (Å²) in [6.07, 6.45) is 4.60. The van der Waals surface area contributed by atoms with E-state index in [-0.39, 0.29) is 23.7 Å². The number of H-pyrrole nitrogens is 1. The monoisotopic (exact) mass is 525 g/mol. The van der Waals surface area contributed by atoms with Crippen LogP contribution < -0.4 is 10.6 Å². The molecule has 190 valence electrons. The SMILES string of the molecule is CN(C(=O)O)c1cc(Cn2cc(C3c4ccccc4C=Cc4ccccc43)c(=S)[nH]c2=O)cc(C(=O)O)c1. The summed E-state index contributed by atoms with van der Waals surface area (Å²) in [5, 5.41) is 19.0. The number of carbonyl (C=O) groups is 2. The van der Waals surface area contributed by atoms with Gasteiger partial charge >= 0.3 is 17.8 Å². The van der Waals surface area contributed by atoms with Crippen molar-refractivity contribution in [2.75, 3.05) is 11.9 Å². The first-order chi connectivity index (χ1) is 18.2. The van der Waals surface area contributed by atoms with E-state index in [0.717, 1.165) is 32.7 Å². The van der Waals surface area contributed by atoms with Gasteiger partial charge in [-0.05, 0) is 46.0 Å². The molecule has 5 rings (SSSR count). The highest BCUT2D eigenvalue weighted by atomic mass is 32.1. The lowest BCUT2D eigenvalue weighted by Gasteiger charge is -2.22. The molecule has 0 fully saturated rings. The molecule has 9 heteroatoms. The number of aromatic amines is 1. The molecule has 0 saturated heterocycles. The number of carboxylic acids is 1. The first-order valence-corrected chi connectivity index (χ1v) is 12.2. The number of anilines is 1. The minimum absolute atomic E-state index is 0.00773. The third-order valence-corrected chi connectivity index (χ3v) is 7.00. The Balaban J connectivity index is 1.66. The molecule has 1 heterocycles. The van der Waals surface area contributed by atoms with E-state index in [1.54, 1.807) is 12.3 Å². The Morgan fingerprint density at radius 3 is 2.13 bits per heavy atom. The quantitative estimate of drug-likeness (QED) is 0.264. The number of nitrogens with zero attached hydrogens (tertiary/aromatic N) is 2. The summed E-state index contributed by atoms with van der Waals surface area (Å²) in [5.74, 6) is -1.46. The van der Waals surface area contributed by atoms with Crippen LogP contribution in [0, 0.1) is 4.64 Å². The molecule has 0 aliphatic heterocycles. The highest BCUT2D eigenvalue weighted by molar-refractivity contribution is 7.71. The number of hydrogen-bond donors (Lipinski definition) is 3. The van der Waals surface area contributed by atoms with Gasteiger partial charge in [0.1, 0.15) is 4.64 Å². The summed E-state index contributed by atoms with van der Waals surface area (Å²) in [5.41, 5.74) is 4.97. The van der Waals surface area contributed by atoms with Gasteiger partial charge in [0.05, 0.1) is 12.1 Å². The molecule has 38 heavy (non-hydrogen) atoms. The maximum Gasteiger partial charge on any atom is 0.411 e. The van der Waals surface area contributed by atoms with E-state index in [1.807, 2.05) is 48.5 Å². The summed E-state index contributed by atoms with van der Waals surface area (Å²) in [7, 11) is 1.33. The Hall–Kier alpha value is -4.76. The van der Waals surface area contributed by atoms with Gasteiger partial charge in [0.25, 0.3) is 0 Å². The van der Waals surface area contributed by atoms with Crippen LogP contribution in [-0.4, -0.2) is 38.9 Å². The number of benzene rings is 3. The Morgan fingerprint density at radius 1 is 0.947 bits per heavy atom. The fourth-order valence-corrected chi connectivity index (χ4v) is 5.03. The van der Waals surface area contributed by atoms with Crippen LogP contribution in [0.3, 0.4) is 0 Å². The maximum absolute atomic E-state index is 13.0. The molecule has 0 bridgehead atoms. The summed E-state index contributed by atoms with van der Waals surface area (Å²) >= 11 is 5.65. The number of aromatic nitrogens is 2. The van der Waals surface area contributed by atoms with Crippen molar-refractivity contribution in [3.05, 3.63) is 127 Å². The number of amides is 1. The molecule has 1 aliphatic rings. The topological polar surface area (TPSA) is 116 Å². The van der Waals surface area contributed by atoms with Gasteiger partial charge < -0.3 is 10.2 Å². The van der Waals surface area contributed by atoms with Crippen LogP contribution in [0.1, 0.15) is 49.7 Å². The Morgan fingerprint density at radius 2 is 1.55 bits per heavy atom. The van der Waals surface area contributed by atoms with Crippen LogP contribution in [0.15, 0.2) is 77.7 Å². The van der Waals surface area contributed by atoms with Gasteiger partial charge in [-0.15, -0.1) is 0 Å². The lowest BCUT2D eigenvalue weighted by molar-refractivity contribution is 0.0696. The minimum Gasteiger partial charge on any atom is -0.478 e. The van der Waals surface area contributed by atoms with Crippen molar-refractivity contribution in [3.8, 4) is 0 Å². The minimum atomic E-state index is -1.24. The zero-order valence-corrected chi connectivity index (χ0v) is 21.1. The molecule has 0 saturated carbocycles. The predicted octanol–water partition coefficient (Wildman–Crippen LogP) is 5.43. The van der Waals surface area contributed by atoms with Crippen molar-refractivity contribution in [3.63, 3.8) is 0 Å². The Kier molecular flexibility index (Phi) is 6.52. The van der Waals surface area contributed by atoms with E-state index in [9.17, 15) is 24.6 Å². The van der Waals surface area contributed by atoms with E-state index in [1.165, 1.54) is 23.7 Å². The second-order valence-electron chi connectivity index (χ2n) is 9.03. The fraction of sp³-hybridized carbons (Fsp3) is 0.103. The molecule has 0 atom stereocenters. The summed E-state index contributed by atoms with van der Waals surface area (Å²) in [6.45, 7) is 0.00773. The number of carboxylic acid groups (broad SMARTS) is 2. The molecule has 3 N–H and O–H groups in total. The van der Waals surface area contributed by atoms with Crippen molar-refractivity contribution >= 4 is 42.1 Å². The highest BCUT2D eigenvalue weighted by Crippen LogP contribution is 2.39. The predicted molar refractivity (Wildman–Crippen MR) is 148 cm³/mol. The molecule has 4 aromatic rings.